The molecule has 1 atom stereocenters. The zero-order valence-electron chi connectivity index (χ0n) is 8.49. The number of aliphatic imine (C=N–C) groups is 1. The third-order valence-corrected chi connectivity index (χ3v) is 2.11. The van der Waals surface area contributed by atoms with Crippen LogP contribution in [-0.2, 0) is 13.6 Å². The van der Waals surface area contributed by atoms with E-state index >= 15 is 0 Å². The molecule has 1 aliphatic heterocycles. The average Bonchev–Trinajstić information content (AvgIpc) is 2.72. The van der Waals surface area contributed by atoms with Crippen LogP contribution in [-0.4, -0.2) is 28.3 Å². The van der Waals surface area contributed by atoms with Crippen molar-refractivity contribution < 1.29 is 0 Å². The molecule has 5 heteroatoms. The molecule has 0 saturated heterocycles. The molecule has 1 aliphatic rings. The summed E-state index contributed by atoms with van der Waals surface area (Å²) in [6.45, 7) is 3.68. The molecule has 76 valence electrons. The number of hydrogen-bond donors (Lipinski definition) is 2. The van der Waals surface area contributed by atoms with E-state index in [1.54, 1.807) is 4.68 Å². The van der Waals surface area contributed by atoms with E-state index in [-0.39, 0.29) is 0 Å². The normalized spacial score (nSPS) is 20.4. The fourth-order valence-electron chi connectivity index (χ4n) is 1.39. The van der Waals surface area contributed by atoms with Crippen LogP contribution in [0.5, 0.6) is 0 Å². The minimum atomic E-state index is 0.446. The molecule has 2 heterocycles. The molecule has 0 fully saturated rings. The Hall–Kier alpha value is -1.52. The summed E-state index contributed by atoms with van der Waals surface area (Å²) in [6.07, 6.45) is 1.93. The van der Waals surface area contributed by atoms with Crippen LogP contribution in [0, 0.1) is 0 Å². The molecule has 14 heavy (non-hydrogen) atoms. The highest BCUT2D eigenvalue weighted by atomic mass is 15.3. The first-order valence-corrected chi connectivity index (χ1v) is 4.77. The van der Waals surface area contributed by atoms with Gasteiger partial charge in [0.05, 0.1) is 18.8 Å². The minimum Gasteiger partial charge on any atom is -0.352 e. The van der Waals surface area contributed by atoms with Gasteiger partial charge in [0.25, 0.3) is 0 Å². The van der Waals surface area contributed by atoms with Gasteiger partial charge in [0.2, 0.25) is 0 Å². The van der Waals surface area contributed by atoms with E-state index in [2.05, 4.69) is 27.6 Å². The van der Waals surface area contributed by atoms with Crippen LogP contribution in [0.2, 0.25) is 0 Å². The number of nitrogens with one attached hydrogen (secondary N) is 2. The molecule has 2 rings (SSSR count). The topological polar surface area (TPSA) is 54.2 Å². The van der Waals surface area contributed by atoms with E-state index < -0.39 is 0 Å². The average molecular weight is 193 g/mol. The predicted octanol–water partition coefficient (Wildman–Crippen LogP) is -0.143. The van der Waals surface area contributed by atoms with Crippen LogP contribution in [0.4, 0.5) is 0 Å². The Labute approximate surface area is 83.2 Å². The maximum atomic E-state index is 4.30. The molecule has 2 N–H and O–H groups in total. The van der Waals surface area contributed by atoms with Crippen molar-refractivity contribution in [3.05, 3.63) is 18.0 Å². The molecule has 1 unspecified atom stereocenters. The maximum absolute atomic E-state index is 4.30. The summed E-state index contributed by atoms with van der Waals surface area (Å²) in [5.74, 6) is 0.878. The van der Waals surface area contributed by atoms with Crippen molar-refractivity contribution in [2.75, 3.05) is 6.54 Å². The fraction of sp³-hybridized carbons (Fsp3) is 0.556. The molecule has 1 aromatic rings. The van der Waals surface area contributed by atoms with Gasteiger partial charge in [-0.3, -0.25) is 9.67 Å². The van der Waals surface area contributed by atoms with E-state index in [9.17, 15) is 0 Å². The Morgan fingerprint density at radius 1 is 1.71 bits per heavy atom. The number of guanidine groups is 1. The van der Waals surface area contributed by atoms with Gasteiger partial charge in [0, 0.05) is 19.3 Å². The number of rotatable bonds is 2. The van der Waals surface area contributed by atoms with Gasteiger partial charge in [-0.05, 0) is 13.0 Å². The molecular formula is C9H15N5. The van der Waals surface area contributed by atoms with Crippen molar-refractivity contribution in [3.8, 4) is 0 Å². The van der Waals surface area contributed by atoms with E-state index in [0.717, 1.165) is 24.7 Å². The zero-order valence-corrected chi connectivity index (χ0v) is 8.49. The van der Waals surface area contributed by atoms with Crippen molar-refractivity contribution in [1.82, 2.24) is 20.4 Å². The van der Waals surface area contributed by atoms with E-state index in [4.69, 9.17) is 0 Å². The molecule has 1 aromatic heterocycles. The molecule has 0 bridgehead atoms. The van der Waals surface area contributed by atoms with Gasteiger partial charge >= 0.3 is 0 Å². The van der Waals surface area contributed by atoms with Gasteiger partial charge in [-0.1, -0.05) is 0 Å². The number of aromatic nitrogens is 2. The van der Waals surface area contributed by atoms with Crippen molar-refractivity contribution in [2.24, 2.45) is 12.0 Å². The summed E-state index contributed by atoms with van der Waals surface area (Å²) >= 11 is 0. The minimum absolute atomic E-state index is 0.446. The van der Waals surface area contributed by atoms with Crippen LogP contribution in [0.1, 0.15) is 12.6 Å². The summed E-state index contributed by atoms with van der Waals surface area (Å²) in [5, 5.41) is 10.7. The Balaban J connectivity index is 1.83. The summed E-state index contributed by atoms with van der Waals surface area (Å²) in [4.78, 5) is 4.30. The standard InChI is InChI=1S/C9H15N5/c1-7-5-10-9(12-7)11-6-8-3-4-14(2)13-8/h3-4,7H,5-6H2,1-2H3,(H2,10,11,12). The Morgan fingerprint density at radius 2 is 2.57 bits per heavy atom. The maximum Gasteiger partial charge on any atom is 0.191 e. The second-order valence-corrected chi connectivity index (χ2v) is 3.57. The van der Waals surface area contributed by atoms with Gasteiger partial charge in [0.1, 0.15) is 0 Å². The molecule has 0 spiro atoms. The summed E-state index contributed by atoms with van der Waals surface area (Å²) in [7, 11) is 1.91. The van der Waals surface area contributed by atoms with Gasteiger partial charge in [-0.15, -0.1) is 0 Å². The van der Waals surface area contributed by atoms with Crippen molar-refractivity contribution in [2.45, 2.75) is 19.5 Å². The predicted molar refractivity (Wildman–Crippen MR) is 54.9 cm³/mol. The SMILES string of the molecule is CC1CN=C(NCc2ccn(C)n2)N1. The van der Waals surface area contributed by atoms with Crippen molar-refractivity contribution in [1.29, 1.82) is 0 Å². The number of hydrogen-bond acceptors (Lipinski definition) is 4. The first-order chi connectivity index (χ1) is 6.74. The quantitative estimate of drug-likeness (QED) is 0.687. The zero-order chi connectivity index (χ0) is 9.97. The summed E-state index contributed by atoms with van der Waals surface area (Å²) in [6, 6.07) is 2.44. The lowest BCUT2D eigenvalue weighted by Crippen LogP contribution is -2.37. The van der Waals surface area contributed by atoms with Crippen LogP contribution >= 0.6 is 0 Å². The Kier molecular flexibility index (Phi) is 2.39. The second-order valence-electron chi connectivity index (χ2n) is 3.57. The molecule has 0 amide bonds. The number of aryl methyl sites for hydroxylation is 1. The fourth-order valence-corrected chi connectivity index (χ4v) is 1.39. The molecule has 0 radical (unpaired) electrons. The first-order valence-electron chi connectivity index (χ1n) is 4.77. The third kappa shape index (κ3) is 2.04. The molecule has 0 saturated carbocycles. The van der Waals surface area contributed by atoms with Gasteiger partial charge in [-0.2, -0.15) is 5.10 Å². The number of nitrogens with zero attached hydrogens (tertiary/aromatic N) is 3. The molecule has 5 nitrogen and oxygen atoms in total. The molecular weight excluding hydrogens is 178 g/mol. The van der Waals surface area contributed by atoms with Crippen LogP contribution in [0.15, 0.2) is 17.3 Å². The summed E-state index contributed by atoms with van der Waals surface area (Å²) < 4.78 is 1.80. The lowest BCUT2D eigenvalue weighted by molar-refractivity contribution is 0.702. The van der Waals surface area contributed by atoms with E-state index in [0.29, 0.717) is 6.04 Å². The monoisotopic (exact) mass is 193 g/mol. The third-order valence-electron chi connectivity index (χ3n) is 2.11. The van der Waals surface area contributed by atoms with Gasteiger partial charge in [0.15, 0.2) is 5.96 Å². The van der Waals surface area contributed by atoms with Crippen LogP contribution < -0.4 is 10.6 Å². The second kappa shape index (κ2) is 3.69. The van der Waals surface area contributed by atoms with Crippen LogP contribution in [0.3, 0.4) is 0 Å². The lowest BCUT2D eigenvalue weighted by atomic mass is 10.4. The smallest absolute Gasteiger partial charge is 0.191 e. The Morgan fingerprint density at radius 3 is 3.14 bits per heavy atom. The summed E-state index contributed by atoms with van der Waals surface area (Å²) in [5.41, 5.74) is 1.02. The highest BCUT2D eigenvalue weighted by Gasteiger charge is 2.11. The van der Waals surface area contributed by atoms with Crippen LogP contribution in [0.25, 0.3) is 0 Å². The van der Waals surface area contributed by atoms with Gasteiger partial charge < -0.3 is 10.6 Å². The van der Waals surface area contributed by atoms with E-state index in [1.807, 2.05) is 19.3 Å². The highest BCUT2D eigenvalue weighted by molar-refractivity contribution is 5.81. The Bertz CT molecular complexity index is 341. The van der Waals surface area contributed by atoms with Gasteiger partial charge in [-0.25, -0.2) is 0 Å². The first kappa shape index (κ1) is 9.05. The largest absolute Gasteiger partial charge is 0.352 e. The molecule has 0 aromatic carbocycles. The van der Waals surface area contributed by atoms with Crippen molar-refractivity contribution >= 4 is 5.96 Å². The lowest BCUT2D eigenvalue weighted by Gasteiger charge is -2.06. The molecule has 0 aliphatic carbocycles. The highest BCUT2D eigenvalue weighted by Crippen LogP contribution is 1.95. The van der Waals surface area contributed by atoms with E-state index in [1.165, 1.54) is 0 Å². The van der Waals surface area contributed by atoms with Crippen molar-refractivity contribution in [3.63, 3.8) is 0 Å².